The van der Waals surface area contributed by atoms with Gasteiger partial charge in [-0.1, -0.05) is 20.4 Å². The molecular weight excluding hydrogens is 116 g/mol. The fraction of sp³-hybridized carbons (Fsp3) is 0.571. The van der Waals surface area contributed by atoms with Crippen LogP contribution >= 0.6 is 0 Å². The Kier molecular flexibility index (Phi) is 1.12. The van der Waals surface area contributed by atoms with Crippen LogP contribution in [0.4, 0.5) is 0 Å². The normalized spacial score (nSPS) is 24.2. The number of esters is 1. The average molecular weight is 126 g/mol. The summed E-state index contributed by atoms with van der Waals surface area (Å²) in [5.41, 5.74) is 0.444. The van der Waals surface area contributed by atoms with Crippen molar-refractivity contribution < 1.29 is 9.53 Å². The predicted octanol–water partition coefficient (Wildman–Crippen LogP) is 1.13. The summed E-state index contributed by atoms with van der Waals surface area (Å²) >= 11 is 0. The van der Waals surface area contributed by atoms with E-state index in [4.69, 9.17) is 4.74 Å². The lowest BCUT2D eigenvalue weighted by atomic mass is 9.89. The number of rotatable bonds is 0. The van der Waals surface area contributed by atoms with E-state index in [0.717, 1.165) is 0 Å². The zero-order chi connectivity index (χ0) is 7.07. The molecule has 1 heterocycles. The van der Waals surface area contributed by atoms with Gasteiger partial charge in [-0.3, -0.25) is 0 Å². The van der Waals surface area contributed by atoms with Gasteiger partial charge in [0.15, 0.2) is 0 Å². The van der Waals surface area contributed by atoms with Gasteiger partial charge in [0.2, 0.25) is 0 Å². The van der Waals surface area contributed by atoms with Crippen LogP contribution in [-0.4, -0.2) is 12.6 Å². The molecule has 0 aliphatic carbocycles. The summed E-state index contributed by atoms with van der Waals surface area (Å²) in [6.45, 7) is 7.98. The predicted molar refractivity (Wildman–Crippen MR) is 33.9 cm³/mol. The smallest absolute Gasteiger partial charge is 0.334 e. The Morgan fingerprint density at radius 3 is 2.33 bits per heavy atom. The molecule has 9 heavy (non-hydrogen) atoms. The Bertz CT molecular complexity index is 168. The van der Waals surface area contributed by atoms with Crippen molar-refractivity contribution in [3.8, 4) is 0 Å². The van der Waals surface area contributed by atoms with E-state index in [0.29, 0.717) is 12.2 Å². The lowest BCUT2D eigenvalue weighted by Gasteiger charge is -2.11. The molecule has 1 saturated heterocycles. The highest BCUT2D eigenvalue weighted by atomic mass is 16.5. The SMILES string of the molecule is C=C1C(=O)OCC1(C)C. The first-order chi connectivity index (χ1) is 4.04. The molecule has 2 nitrogen and oxygen atoms in total. The third-order valence-corrected chi connectivity index (χ3v) is 1.63. The zero-order valence-electron chi connectivity index (χ0n) is 5.73. The van der Waals surface area contributed by atoms with Gasteiger partial charge < -0.3 is 4.74 Å². The molecule has 0 saturated carbocycles. The Labute approximate surface area is 54.5 Å². The molecule has 1 aliphatic heterocycles. The summed E-state index contributed by atoms with van der Waals surface area (Å²) in [6, 6.07) is 0. The van der Waals surface area contributed by atoms with E-state index in [1.165, 1.54) is 0 Å². The molecule has 0 unspecified atom stereocenters. The van der Waals surface area contributed by atoms with Gasteiger partial charge in [-0.05, 0) is 0 Å². The first-order valence-electron chi connectivity index (χ1n) is 2.90. The minimum absolute atomic E-state index is 0.142. The molecule has 50 valence electrons. The van der Waals surface area contributed by atoms with E-state index >= 15 is 0 Å². The van der Waals surface area contributed by atoms with Crippen molar-refractivity contribution in [3.63, 3.8) is 0 Å². The van der Waals surface area contributed by atoms with Gasteiger partial charge in [0.25, 0.3) is 0 Å². The van der Waals surface area contributed by atoms with Crippen molar-refractivity contribution in [2.45, 2.75) is 13.8 Å². The van der Waals surface area contributed by atoms with Crippen molar-refractivity contribution in [1.82, 2.24) is 0 Å². The highest BCUT2D eigenvalue weighted by Gasteiger charge is 2.35. The molecule has 0 atom stereocenters. The third kappa shape index (κ3) is 0.846. The Morgan fingerprint density at radius 1 is 1.67 bits per heavy atom. The van der Waals surface area contributed by atoms with Crippen LogP contribution in [0.25, 0.3) is 0 Å². The van der Waals surface area contributed by atoms with Crippen LogP contribution in [0.1, 0.15) is 13.8 Å². The minimum Gasteiger partial charge on any atom is -0.461 e. The van der Waals surface area contributed by atoms with E-state index in [9.17, 15) is 4.79 Å². The first-order valence-corrected chi connectivity index (χ1v) is 2.90. The number of hydrogen-bond acceptors (Lipinski definition) is 2. The van der Waals surface area contributed by atoms with Crippen LogP contribution in [0.3, 0.4) is 0 Å². The Morgan fingerprint density at radius 2 is 2.22 bits per heavy atom. The molecule has 0 spiro atoms. The van der Waals surface area contributed by atoms with Crippen molar-refractivity contribution in [2.24, 2.45) is 5.41 Å². The Hall–Kier alpha value is -0.790. The largest absolute Gasteiger partial charge is 0.461 e. The second-order valence-corrected chi connectivity index (χ2v) is 2.94. The van der Waals surface area contributed by atoms with Gasteiger partial charge in [0.05, 0.1) is 0 Å². The summed E-state index contributed by atoms with van der Waals surface area (Å²) in [5.74, 6) is -0.250. The highest BCUT2D eigenvalue weighted by Crippen LogP contribution is 2.31. The number of carbonyl (C=O) groups excluding carboxylic acids is 1. The first kappa shape index (κ1) is 6.33. The van der Waals surface area contributed by atoms with Gasteiger partial charge in [-0.2, -0.15) is 0 Å². The zero-order valence-corrected chi connectivity index (χ0v) is 5.73. The van der Waals surface area contributed by atoms with Gasteiger partial charge >= 0.3 is 5.97 Å². The van der Waals surface area contributed by atoms with E-state index in [1.54, 1.807) is 0 Å². The number of ether oxygens (including phenoxy) is 1. The average Bonchev–Trinajstić information content (AvgIpc) is 1.97. The molecule has 0 aromatic carbocycles. The molecule has 0 radical (unpaired) electrons. The van der Waals surface area contributed by atoms with E-state index in [-0.39, 0.29) is 11.4 Å². The van der Waals surface area contributed by atoms with Crippen molar-refractivity contribution >= 4 is 5.97 Å². The summed E-state index contributed by atoms with van der Waals surface area (Å²) in [7, 11) is 0. The Balaban J connectivity index is 2.86. The third-order valence-electron chi connectivity index (χ3n) is 1.63. The summed E-state index contributed by atoms with van der Waals surface area (Å²) in [5, 5.41) is 0. The quantitative estimate of drug-likeness (QED) is 0.359. The molecule has 0 N–H and O–H groups in total. The van der Waals surface area contributed by atoms with Crippen LogP contribution in [0, 0.1) is 5.41 Å². The molecule has 0 aromatic heterocycles. The van der Waals surface area contributed by atoms with Gasteiger partial charge in [-0.15, -0.1) is 0 Å². The van der Waals surface area contributed by atoms with Crippen LogP contribution in [0.15, 0.2) is 12.2 Å². The lowest BCUT2D eigenvalue weighted by Crippen LogP contribution is -2.12. The van der Waals surface area contributed by atoms with Gasteiger partial charge in [0, 0.05) is 11.0 Å². The van der Waals surface area contributed by atoms with E-state index in [2.05, 4.69) is 6.58 Å². The number of hydrogen-bond donors (Lipinski definition) is 0. The van der Waals surface area contributed by atoms with Crippen LogP contribution in [0.2, 0.25) is 0 Å². The number of cyclic esters (lactones) is 1. The molecule has 1 aliphatic rings. The monoisotopic (exact) mass is 126 g/mol. The van der Waals surface area contributed by atoms with Gasteiger partial charge in [-0.25, -0.2) is 4.79 Å². The van der Waals surface area contributed by atoms with E-state index < -0.39 is 0 Å². The molecule has 0 amide bonds. The lowest BCUT2D eigenvalue weighted by molar-refractivity contribution is -0.135. The minimum atomic E-state index is -0.250. The van der Waals surface area contributed by atoms with Crippen molar-refractivity contribution in [2.75, 3.05) is 6.61 Å². The highest BCUT2D eigenvalue weighted by molar-refractivity contribution is 5.91. The maximum Gasteiger partial charge on any atom is 0.334 e. The molecule has 1 rings (SSSR count). The fourth-order valence-electron chi connectivity index (χ4n) is 0.696. The van der Waals surface area contributed by atoms with Gasteiger partial charge in [0.1, 0.15) is 6.61 Å². The summed E-state index contributed by atoms with van der Waals surface area (Å²) in [4.78, 5) is 10.7. The number of carbonyl (C=O) groups is 1. The summed E-state index contributed by atoms with van der Waals surface area (Å²) < 4.78 is 4.74. The maximum atomic E-state index is 10.7. The van der Waals surface area contributed by atoms with Crippen molar-refractivity contribution in [3.05, 3.63) is 12.2 Å². The van der Waals surface area contributed by atoms with E-state index in [1.807, 2.05) is 13.8 Å². The molecule has 0 aromatic rings. The fourth-order valence-corrected chi connectivity index (χ4v) is 0.696. The second kappa shape index (κ2) is 1.59. The van der Waals surface area contributed by atoms with Crippen LogP contribution < -0.4 is 0 Å². The topological polar surface area (TPSA) is 26.3 Å². The van der Waals surface area contributed by atoms with Crippen LogP contribution in [0.5, 0.6) is 0 Å². The van der Waals surface area contributed by atoms with Crippen LogP contribution in [-0.2, 0) is 9.53 Å². The molecule has 0 bridgehead atoms. The summed E-state index contributed by atoms with van der Waals surface area (Å²) in [6.07, 6.45) is 0. The maximum absolute atomic E-state index is 10.7. The van der Waals surface area contributed by atoms with Crippen molar-refractivity contribution in [1.29, 1.82) is 0 Å². The molecular formula is C7H10O2. The molecule has 2 heteroatoms. The molecule has 1 fully saturated rings. The second-order valence-electron chi connectivity index (χ2n) is 2.94. The standard InChI is InChI=1S/C7H10O2/c1-5-6(8)9-4-7(5,2)3/h1,4H2,2-3H3.